The smallest absolute Gasteiger partial charge is 0.410 e. The van der Waals surface area contributed by atoms with Gasteiger partial charge in [0, 0.05) is 24.8 Å². The predicted molar refractivity (Wildman–Crippen MR) is 119 cm³/mol. The van der Waals surface area contributed by atoms with Crippen LogP contribution in [0.3, 0.4) is 0 Å². The largest absolute Gasteiger partial charge is 0.497 e. The molecule has 8 nitrogen and oxygen atoms in total. The lowest BCUT2D eigenvalue weighted by Gasteiger charge is -2.28. The first-order valence-electron chi connectivity index (χ1n) is 10.6. The molecule has 31 heavy (non-hydrogen) atoms. The molecule has 1 saturated heterocycles. The van der Waals surface area contributed by atoms with E-state index in [2.05, 4.69) is 10.4 Å². The summed E-state index contributed by atoms with van der Waals surface area (Å²) in [4.78, 5) is 19.1. The van der Waals surface area contributed by atoms with Crippen LogP contribution in [0.1, 0.15) is 33.6 Å². The third-order valence-corrected chi connectivity index (χ3v) is 5.29. The number of ether oxygens (including phenoxy) is 2. The van der Waals surface area contributed by atoms with E-state index >= 15 is 0 Å². The highest BCUT2D eigenvalue weighted by Crippen LogP contribution is 2.26. The van der Waals surface area contributed by atoms with Crippen LogP contribution >= 0.6 is 0 Å². The van der Waals surface area contributed by atoms with Crippen LogP contribution in [0.15, 0.2) is 42.7 Å². The fourth-order valence-electron chi connectivity index (χ4n) is 3.77. The van der Waals surface area contributed by atoms with E-state index in [1.807, 2.05) is 68.4 Å². The molecular formula is C23H29N5O3. The molecule has 1 fully saturated rings. The van der Waals surface area contributed by atoms with Crippen LogP contribution in [0.2, 0.25) is 0 Å². The molecule has 2 aromatic heterocycles. The van der Waals surface area contributed by atoms with Gasteiger partial charge in [0.15, 0.2) is 5.65 Å². The van der Waals surface area contributed by atoms with Crippen molar-refractivity contribution < 1.29 is 14.3 Å². The van der Waals surface area contributed by atoms with E-state index in [-0.39, 0.29) is 12.1 Å². The molecule has 0 spiro atoms. The summed E-state index contributed by atoms with van der Waals surface area (Å²) in [5.74, 6) is 1.56. The molecule has 164 valence electrons. The number of nitrogens with zero attached hydrogens (tertiary/aromatic N) is 4. The highest BCUT2D eigenvalue weighted by Gasteiger charge is 2.32. The van der Waals surface area contributed by atoms with Crippen molar-refractivity contribution in [3.63, 3.8) is 0 Å². The van der Waals surface area contributed by atoms with E-state index in [0.717, 1.165) is 47.7 Å². The maximum Gasteiger partial charge on any atom is 0.410 e. The van der Waals surface area contributed by atoms with E-state index in [1.54, 1.807) is 11.6 Å². The Morgan fingerprint density at radius 2 is 2.00 bits per heavy atom. The first-order valence-corrected chi connectivity index (χ1v) is 10.6. The number of hydrogen-bond donors (Lipinski definition) is 1. The van der Waals surface area contributed by atoms with Crippen LogP contribution in [-0.4, -0.2) is 57.4 Å². The van der Waals surface area contributed by atoms with Gasteiger partial charge in [-0.25, -0.2) is 14.3 Å². The van der Waals surface area contributed by atoms with E-state index in [1.165, 1.54) is 0 Å². The fourth-order valence-corrected chi connectivity index (χ4v) is 3.77. The Morgan fingerprint density at radius 3 is 2.71 bits per heavy atom. The number of rotatable bonds is 5. The number of carbonyl (C=O) groups excluding carboxylic acids is 1. The van der Waals surface area contributed by atoms with Crippen molar-refractivity contribution in [3.8, 4) is 16.9 Å². The van der Waals surface area contributed by atoms with Gasteiger partial charge in [0.25, 0.3) is 0 Å². The van der Waals surface area contributed by atoms with Crippen LogP contribution in [0.4, 0.5) is 10.6 Å². The molecule has 0 unspecified atom stereocenters. The molecule has 8 heteroatoms. The topological polar surface area (TPSA) is 81.0 Å². The minimum atomic E-state index is -0.496. The molecule has 0 radical (unpaired) electrons. The Bertz CT molecular complexity index is 1060. The van der Waals surface area contributed by atoms with E-state index in [4.69, 9.17) is 14.5 Å². The number of likely N-dealkylation sites (tertiary alicyclic amines) is 1. The summed E-state index contributed by atoms with van der Waals surface area (Å²) >= 11 is 0. The van der Waals surface area contributed by atoms with Crippen molar-refractivity contribution >= 4 is 17.6 Å². The number of aromatic nitrogens is 3. The molecule has 1 aliphatic heterocycles. The van der Waals surface area contributed by atoms with Gasteiger partial charge < -0.3 is 19.7 Å². The minimum Gasteiger partial charge on any atom is -0.497 e. The molecule has 3 heterocycles. The third-order valence-electron chi connectivity index (χ3n) is 5.29. The van der Waals surface area contributed by atoms with E-state index < -0.39 is 5.60 Å². The van der Waals surface area contributed by atoms with Gasteiger partial charge in [-0.15, -0.1) is 0 Å². The average molecular weight is 424 g/mol. The summed E-state index contributed by atoms with van der Waals surface area (Å²) in [5, 5.41) is 7.80. The first kappa shape index (κ1) is 21.0. The number of benzene rings is 1. The Balaban J connectivity index is 1.48. The van der Waals surface area contributed by atoms with Crippen LogP contribution in [0, 0.1) is 0 Å². The second kappa shape index (κ2) is 8.45. The van der Waals surface area contributed by atoms with Crippen molar-refractivity contribution in [2.45, 2.75) is 45.3 Å². The summed E-state index contributed by atoms with van der Waals surface area (Å²) in [5.41, 5.74) is 2.24. The van der Waals surface area contributed by atoms with Crippen LogP contribution in [0.25, 0.3) is 16.8 Å². The number of nitrogens with one attached hydrogen (secondary N) is 1. The number of amides is 1. The standard InChI is InChI=1S/C23H29N5O3/c1-23(2,3)31-22(29)27-12-5-6-17(27)14-24-20-11-13-28-21(26-20)19(15-25-28)16-7-9-18(30-4)10-8-16/h7-11,13,15,17H,5-6,12,14H2,1-4H3,(H,24,26)/t17-/m0/s1. The zero-order chi connectivity index (χ0) is 22.0. The van der Waals surface area contributed by atoms with Crippen molar-refractivity contribution in [2.75, 3.05) is 25.5 Å². The quantitative estimate of drug-likeness (QED) is 0.662. The number of fused-ring (bicyclic) bond motifs is 1. The highest BCUT2D eigenvalue weighted by atomic mass is 16.6. The van der Waals surface area contributed by atoms with Gasteiger partial charge in [0.1, 0.15) is 17.2 Å². The SMILES string of the molecule is COc1ccc(-c2cnn3ccc(NC[C@@H]4CCCN4C(=O)OC(C)(C)C)nc23)cc1. The van der Waals surface area contributed by atoms with Gasteiger partial charge in [-0.3, -0.25) is 0 Å². The van der Waals surface area contributed by atoms with E-state index in [9.17, 15) is 4.79 Å². The Kier molecular flexibility index (Phi) is 5.71. The van der Waals surface area contributed by atoms with E-state index in [0.29, 0.717) is 6.54 Å². The van der Waals surface area contributed by atoms with Gasteiger partial charge >= 0.3 is 6.09 Å². The number of methoxy groups -OCH3 is 1. The molecule has 0 aliphatic carbocycles. The summed E-state index contributed by atoms with van der Waals surface area (Å²) in [7, 11) is 1.65. The lowest BCUT2D eigenvalue weighted by molar-refractivity contribution is 0.0235. The van der Waals surface area contributed by atoms with Crippen molar-refractivity contribution in [2.24, 2.45) is 0 Å². The third kappa shape index (κ3) is 4.73. The summed E-state index contributed by atoms with van der Waals surface area (Å²) in [6.07, 6.45) is 5.37. The van der Waals surface area contributed by atoms with Crippen molar-refractivity contribution in [1.29, 1.82) is 0 Å². The van der Waals surface area contributed by atoms with Gasteiger partial charge in [-0.1, -0.05) is 12.1 Å². The van der Waals surface area contributed by atoms with Crippen molar-refractivity contribution in [1.82, 2.24) is 19.5 Å². The Morgan fingerprint density at radius 1 is 1.23 bits per heavy atom. The summed E-state index contributed by atoms with van der Waals surface area (Å²) < 4.78 is 12.6. The number of hydrogen-bond acceptors (Lipinski definition) is 6. The summed E-state index contributed by atoms with van der Waals surface area (Å²) in [6.45, 7) is 7.00. The fraction of sp³-hybridized carbons (Fsp3) is 0.435. The molecule has 4 rings (SSSR count). The van der Waals surface area contributed by atoms with Gasteiger partial charge in [0.2, 0.25) is 0 Å². The predicted octanol–water partition coefficient (Wildman–Crippen LogP) is 4.22. The normalized spacial score (nSPS) is 16.5. The zero-order valence-corrected chi connectivity index (χ0v) is 18.5. The molecule has 1 aliphatic rings. The molecular weight excluding hydrogens is 394 g/mol. The lowest BCUT2D eigenvalue weighted by atomic mass is 10.1. The molecule has 1 amide bonds. The Labute approximate surface area is 182 Å². The summed E-state index contributed by atoms with van der Waals surface area (Å²) in [6, 6.07) is 9.81. The highest BCUT2D eigenvalue weighted by molar-refractivity contribution is 5.78. The minimum absolute atomic E-state index is 0.0823. The number of carbonyl (C=O) groups is 1. The Hall–Kier alpha value is -3.29. The second-order valence-electron chi connectivity index (χ2n) is 8.72. The molecule has 1 aromatic carbocycles. The molecule has 1 N–H and O–H groups in total. The maximum atomic E-state index is 12.5. The molecule has 1 atom stereocenters. The first-order chi connectivity index (χ1) is 14.8. The monoisotopic (exact) mass is 423 g/mol. The molecule has 0 saturated carbocycles. The number of anilines is 1. The van der Waals surface area contributed by atoms with Gasteiger partial charge in [0.05, 0.1) is 19.3 Å². The zero-order valence-electron chi connectivity index (χ0n) is 18.5. The lowest BCUT2D eigenvalue weighted by Crippen LogP contribution is -2.42. The van der Waals surface area contributed by atoms with Crippen molar-refractivity contribution in [3.05, 3.63) is 42.7 Å². The maximum absolute atomic E-state index is 12.5. The van der Waals surface area contributed by atoms with Crippen LogP contribution in [0.5, 0.6) is 5.75 Å². The van der Waals surface area contributed by atoms with Crippen LogP contribution in [-0.2, 0) is 4.74 Å². The second-order valence-corrected chi connectivity index (χ2v) is 8.72. The molecule has 3 aromatic rings. The van der Waals surface area contributed by atoms with Gasteiger partial charge in [-0.05, 0) is 57.4 Å². The van der Waals surface area contributed by atoms with Gasteiger partial charge in [-0.2, -0.15) is 5.10 Å². The van der Waals surface area contributed by atoms with Crippen LogP contribution < -0.4 is 10.1 Å². The molecule has 0 bridgehead atoms. The average Bonchev–Trinajstić information content (AvgIpc) is 3.38.